The molecule has 1 aliphatic rings. The first-order chi connectivity index (χ1) is 11.8. The number of hydrazone groups is 1. The Hall–Kier alpha value is -2.88. The molecule has 0 saturated heterocycles. The molecule has 0 radical (unpaired) electrons. The Bertz CT molecular complexity index is 781. The van der Waals surface area contributed by atoms with Gasteiger partial charge in [-0.25, -0.2) is 5.43 Å². The van der Waals surface area contributed by atoms with E-state index in [-0.39, 0.29) is 5.91 Å². The number of amides is 1. The smallest absolute Gasteiger partial charge is 0.275 e. The molecule has 4 heteroatoms. The third-order valence-corrected chi connectivity index (χ3v) is 3.97. The Balaban J connectivity index is 1.78. The van der Waals surface area contributed by atoms with Crippen molar-refractivity contribution in [1.82, 2.24) is 5.43 Å². The molecule has 24 heavy (non-hydrogen) atoms. The molecule has 0 aromatic heterocycles. The molecule has 0 bridgehead atoms. The molecule has 0 spiro atoms. The highest BCUT2D eigenvalue weighted by atomic mass is 16.5. The minimum absolute atomic E-state index is 0.273. The van der Waals surface area contributed by atoms with Gasteiger partial charge in [0.05, 0.1) is 11.3 Å². The fourth-order valence-corrected chi connectivity index (χ4v) is 2.82. The SMILES string of the molecule is C=CCOc1ccccc1C(=O)N/N=C1\CCCc2ccccc21. The van der Waals surface area contributed by atoms with Gasteiger partial charge >= 0.3 is 0 Å². The Labute approximate surface area is 141 Å². The van der Waals surface area contributed by atoms with Gasteiger partial charge in [-0.2, -0.15) is 5.10 Å². The lowest BCUT2D eigenvalue weighted by Gasteiger charge is -2.17. The Kier molecular flexibility index (Phi) is 5.06. The molecule has 1 amide bonds. The summed E-state index contributed by atoms with van der Waals surface area (Å²) in [7, 11) is 0. The van der Waals surface area contributed by atoms with E-state index in [1.165, 1.54) is 5.56 Å². The highest BCUT2D eigenvalue weighted by Gasteiger charge is 2.16. The van der Waals surface area contributed by atoms with Crippen LogP contribution in [0.1, 0.15) is 34.3 Å². The van der Waals surface area contributed by atoms with Crippen LogP contribution in [0.5, 0.6) is 5.75 Å². The minimum atomic E-state index is -0.273. The van der Waals surface area contributed by atoms with Crippen LogP contribution >= 0.6 is 0 Å². The third-order valence-electron chi connectivity index (χ3n) is 3.97. The number of rotatable bonds is 5. The largest absolute Gasteiger partial charge is 0.489 e. The molecule has 4 nitrogen and oxygen atoms in total. The number of nitrogens with one attached hydrogen (secondary N) is 1. The van der Waals surface area contributed by atoms with Crippen molar-refractivity contribution in [2.75, 3.05) is 6.61 Å². The summed E-state index contributed by atoms with van der Waals surface area (Å²) in [6, 6.07) is 15.3. The number of para-hydroxylation sites is 1. The average molecular weight is 320 g/mol. The minimum Gasteiger partial charge on any atom is -0.489 e. The molecule has 0 fully saturated rings. The van der Waals surface area contributed by atoms with Gasteiger partial charge in [-0.1, -0.05) is 49.1 Å². The second kappa shape index (κ2) is 7.59. The first-order valence-electron chi connectivity index (χ1n) is 8.07. The fraction of sp³-hybridized carbons (Fsp3) is 0.200. The maximum Gasteiger partial charge on any atom is 0.275 e. The van der Waals surface area contributed by atoms with Crippen molar-refractivity contribution < 1.29 is 9.53 Å². The van der Waals surface area contributed by atoms with E-state index in [1.807, 2.05) is 18.2 Å². The van der Waals surface area contributed by atoms with Gasteiger partial charge in [0.25, 0.3) is 5.91 Å². The first kappa shape index (κ1) is 16.0. The van der Waals surface area contributed by atoms with Gasteiger partial charge in [-0.05, 0) is 37.0 Å². The van der Waals surface area contributed by atoms with E-state index in [0.717, 1.165) is 30.5 Å². The van der Waals surface area contributed by atoms with Crippen molar-refractivity contribution in [3.63, 3.8) is 0 Å². The van der Waals surface area contributed by atoms with Gasteiger partial charge in [-0.3, -0.25) is 4.79 Å². The molecule has 0 atom stereocenters. The summed E-state index contributed by atoms with van der Waals surface area (Å²) in [6.07, 6.45) is 4.62. The maximum atomic E-state index is 12.5. The number of carbonyl (C=O) groups excluding carboxylic acids is 1. The Morgan fingerprint density at radius 3 is 2.83 bits per heavy atom. The van der Waals surface area contributed by atoms with E-state index in [1.54, 1.807) is 24.3 Å². The number of nitrogens with zero attached hydrogens (tertiary/aromatic N) is 1. The van der Waals surface area contributed by atoms with Crippen LogP contribution in [0.2, 0.25) is 0 Å². The number of hydrogen-bond acceptors (Lipinski definition) is 3. The maximum absolute atomic E-state index is 12.5. The van der Waals surface area contributed by atoms with E-state index in [9.17, 15) is 4.79 Å². The molecular weight excluding hydrogens is 300 g/mol. The van der Waals surface area contributed by atoms with E-state index < -0.39 is 0 Å². The molecular formula is C20H20N2O2. The molecule has 122 valence electrons. The van der Waals surface area contributed by atoms with Gasteiger partial charge in [0, 0.05) is 5.56 Å². The molecule has 0 heterocycles. The lowest BCUT2D eigenvalue weighted by Crippen LogP contribution is -2.22. The quantitative estimate of drug-likeness (QED) is 0.674. The van der Waals surface area contributed by atoms with Gasteiger partial charge in [0.1, 0.15) is 12.4 Å². The van der Waals surface area contributed by atoms with Crippen LogP contribution in [0.4, 0.5) is 0 Å². The Morgan fingerprint density at radius 2 is 1.96 bits per heavy atom. The van der Waals surface area contributed by atoms with Crippen LogP contribution in [-0.2, 0) is 6.42 Å². The number of benzene rings is 2. The van der Waals surface area contributed by atoms with E-state index >= 15 is 0 Å². The summed E-state index contributed by atoms with van der Waals surface area (Å²) in [5, 5.41) is 4.36. The van der Waals surface area contributed by atoms with Crippen molar-refractivity contribution in [2.24, 2.45) is 5.10 Å². The molecule has 0 unspecified atom stereocenters. The third kappa shape index (κ3) is 3.54. The molecule has 3 rings (SSSR count). The van der Waals surface area contributed by atoms with Crippen LogP contribution in [-0.4, -0.2) is 18.2 Å². The van der Waals surface area contributed by atoms with Gasteiger partial charge in [0.15, 0.2) is 0 Å². The number of ether oxygens (including phenoxy) is 1. The topological polar surface area (TPSA) is 50.7 Å². The van der Waals surface area contributed by atoms with E-state index in [0.29, 0.717) is 17.9 Å². The zero-order chi connectivity index (χ0) is 16.8. The predicted molar refractivity (Wildman–Crippen MR) is 95.5 cm³/mol. The predicted octanol–water partition coefficient (Wildman–Crippen LogP) is 3.72. The van der Waals surface area contributed by atoms with Crippen molar-refractivity contribution >= 4 is 11.6 Å². The van der Waals surface area contributed by atoms with Crippen molar-refractivity contribution in [1.29, 1.82) is 0 Å². The molecule has 0 saturated carbocycles. The monoisotopic (exact) mass is 320 g/mol. The highest BCUT2D eigenvalue weighted by Crippen LogP contribution is 2.22. The molecule has 0 aliphatic heterocycles. The fourth-order valence-electron chi connectivity index (χ4n) is 2.82. The molecule has 1 N–H and O–H groups in total. The second-order valence-electron chi connectivity index (χ2n) is 5.61. The first-order valence-corrected chi connectivity index (χ1v) is 8.07. The summed E-state index contributed by atoms with van der Waals surface area (Å²) in [5.74, 6) is 0.254. The number of fused-ring (bicyclic) bond motifs is 1. The van der Waals surface area contributed by atoms with E-state index in [2.05, 4.69) is 29.2 Å². The summed E-state index contributed by atoms with van der Waals surface area (Å²) in [4.78, 5) is 12.5. The Morgan fingerprint density at radius 1 is 1.17 bits per heavy atom. The number of hydrogen-bond donors (Lipinski definition) is 1. The van der Waals surface area contributed by atoms with Crippen LogP contribution in [0.25, 0.3) is 0 Å². The van der Waals surface area contributed by atoms with Crippen LogP contribution < -0.4 is 10.2 Å². The van der Waals surface area contributed by atoms with Crippen LogP contribution in [0.3, 0.4) is 0 Å². The lowest BCUT2D eigenvalue weighted by molar-refractivity contribution is 0.0951. The number of aryl methyl sites for hydroxylation is 1. The lowest BCUT2D eigenvalue weighted by atomic mass is 9.90. The highest BCUT2D eigenvalue weighted by molar-refractivity contribution is 6.04. The zero-order valence-corrected chi connectivity index (χ0v) is 13.5. The van der Waals surface area contributed by atoms with Crippen LogP contribution in [0, 0.1) is 0 Å². The average Bonchev–Trinajstić information content (AvgIpc) is 2.64. The zero-order valence-electron chi connectivity index (χ0n) is 13.5. The summed E-state index contributed by atoms with van der Waals surface area (Å²) in [6.45, 7) is 3.98. The van der Waals surface area contributed by atoms with Gasteiger partial charge < -0.3 is 4.74 Å². The van der Waals surface area contributed by atoms with Gasteiger partial charge in [-0.15, -0.1) is 0 Å². The molecule has 2 aromatic rings. The van der Waals surface area contributed by atoms with Crippen molar-refractivity contribution in [3.05, 3.63) is 77.9 Å². The van der Waals surface area contributed by atoms with Gasteiger partial charge in [0.2, 0.25) is 0 Å². The number of carbonyl (C=O) groups is 1. The summed E-state index contributed by atoms with van der Waals surface area (Å²) in [5.41, 5.74) is 6.47. The molecule has 1 aliphatic carbocycles. The van der Waals surface area contributed by atoms with E-state index in [4.69, 9.17) is 4.74 Å². The van der Waals surface area contributed by atoms with Crippen molar-refractivity contribution in [3.8, 4) is 5.75 Å². The second-order valence-corrected chi connectivity index (χ2v) is 5.61. The standard InChI is InChI=1S/C20H20N2O2/c1-2-14-24-19-13-6-5-11-17(19)20(23)22-21-18-12-7-9-15-8-3-4-10-16(15)18/h2-6,8,10-11,13H,1,7,9,12,14H2,(H,22,23)/b21-18+. The van der Waals surface area contributed by atoms with Crippen molar-refractivity contribution in [2.45, 2.75) is 19.3 Å². The molecule has 2 aromatic carbocycles. The van der Waals surface area contributed by atoms with Crippen LogP contribution in [0.15, 0.2) is 66.3 Å². The summed E-state index contributed by atoms with van der Waals surface area (Å²) < 4.78 is 5.53. The normalized spacial score (nSPS) is 14.8. The summed E-state index contributed by atoms with van der Waals surface area (Å²) >= 11 is 0.